The molecule has 0 aromatic heterocycles. The molecule has 1 rings (SSSR count). The van der Waals surface area contributed by atoms with Crippen LogP contribution in [-0.2, 0) is 14.4 Å². The molecule has 1 aliphatic heterocycles. The fourth-order valence-electron chi connectivity index (χ4n) is 2.56. The minimum atomic E-state index is -0.591. The standard InChI is InChI=1S/C14H26N4O3/c1-7(2)5-9-13(20)18-12(17-9)11(8(3)4)14(21)16-6-10(15)19/h7-9,11-12,17H,5-6H2,1-4H3,(H2,15,19)(H,16,21)(H,18,20)/t9-,11?,12?/m0/s1. The molecule has 2 unspecified atom stereocenters. The molecule has 0 aliphatic carbocycles. The number of rotatable bonds is 7. The summed E-state index contributed by atoms with van der Waals surface area (Å²) in [6.45, 7) is 7.69. The molecule has 3 amide bonds. The molecule has 1 heterocycles. The van der Waals surface area contributed by atoms with Gasteiger partial charge in [-0.1, -0.05) is 27.7 Å². The largest absolute Gasteiger partial charge is 0.368 e. The van der Waals surface area contributed by atoms with E-state index in [1.165, 1.54) is 0 Å². The molecule has 21 heavy (non-hydrogen) atoms. The van der Waals surface area contributed by atoms with E-state index in [1.54, 1.807) is 0 Å². The van der Waals surface area contributed by atoms with Crippen molar-refractivity contribution >= 4 is 17.7 Å². The normalized spacial score (nSPS) is 23.2. The van der Waals surface area contributed by atoms with Gasteiger partial charge in [-0.2, -0.15) is 0 Å². The van der Waals surface area contributed by atoms with Gasteiger partial charge in [0.2, 0.25) is 17.7 Å². The van der Waals surface area contributed by atoms with Crippen LogP contribution in [0.5, 0.6) is 0 Å². The first-order valence-electron chi connectivity index (χ1n) is 7.34. The molecule has 1 aliphatic rings. The molecule has 0 aromatic carbocycles. The Hall–Kier alpha value is -1.63. The van der Waals surface area contributed by atoms with E-state index in [-0.39, 0.29) is 30.3 Å². The topological polar surface area (TPSA) is 113 Å². The Labute approximate surface area is 125 Å². The molecule has 0 aromatic rings. The third-order valence-electron chi connectivity index (χ3n) is 3.52. The third kappa shape index (κ3) is 5.00. The smallest absolute Gasteiger partial charge is 0.238 e. The van der Waals surface area contributed by atoms with Crippen LogP contribution in [0.3, 0.4) is 0 Å². The molecule has 0 saturated carbocycles. The first-order chi connectivity index (χ1) is 9.72. The molecule has 0 radical (unpaired) electrons. The van der Waals surface area contributed by atoms with Crippen molar-refractivity contribution in [1.82, 2.24) is 16.0 Å². The highest BCUT2D eigenvalue weighted by molar-refractivity contribution is 5.88. The van der Waals surface area contributed by atoms with Gasteiger partial charge < -0.3 is 16.4 Å². The zero-order chi connectivity index (χ0) is 16.2. The minimum absolute atomic E-state index is 0.00785. The molecule has 0 bridgehead atoms. The molecular formula is C14H26N4O3. The number of nitrogens with two attached hydrogens (primary N) is 1. The van der Waals surface area contributed by atoms with Gasteiger partial charge >= 0.3 is 0 Å². The monoisotopic (exact) mass is 298 g/mol. The van der Waals surface area contributed by atoms with Crippen molar-refractivity contribution < 1.29 is 14.4 Å². The summed E-state index contributed by atoms with van der Waals surface area (Å²) in [5.74, 6) is -1.02. The number of primary amides is 1. The number of amides is 3. The van der Waals surface area contributed by atoms with E-state index in [0.29, 0.717) is 5.92 Å². The van der Waals surface area contributed by atoms with Crippen LogP contribution >= 0.6 is 0 Å². The summed E-state index contributed by atoms with van der Waals surface area (Å²) < 4.78 is 0. The van der Waals surface area contributed by atoms with Gasteiger partial charge in [0, 0.05) is 0 Å². The van der Waals surface area contributed by atoms with E-state index in [0.717, 1.165) is 6.42 Å². The van der Waals surface area contributed by atoms with Crippen molar-refractivity contribution in [3.05, 3.63) is 0 Å². The first kappa shape index (κ1) is 17.4. The van der Waals surface area contributed by atoms with E-state index in [2.05, 4.69) is 16.0 Å². The minimum Gasteiger partial charge on any atom is -0.368 e. The Bertz CT molecular complexity index is 409. The third-order valence-corrected chi connectivity index (χ3v) is 3.52. The Morgan fingerprint density at radius 2 is 1.90 bits per heavy atom. The van der Waals surface area contributed by atoms with Gasteiger partial charge in [-0.15, -0.1) is 0 Å². The maximum absolute atomic E-state index is 12.2. The Morgan fingerprint density at radius 3 is 2.38 bits per heavy atom. The lowest BCUT2D eigenvalue weighted by molar-refractivity contribution is -0.130. The second-order valence-electron chi connectivity index (χ2n) is 6.29. The van der Waals surface area contributed by atoms with Crippen molar-refractivity contribution in [3.8, 4) is 0 Å². The van der Waals surface area contributed by atoms with E-state index in [9.17, 15) is 14.4 Å². The lowest BCUT2D eigenvalue weighted by atomic mass is 9.91. The summed E-state index contributed by atoms with van der Waals surface area (Å²) in [7, 11) is 0. The van der Waals surface area contributed by atoms with E-state index in [4.69, 9.17) is 5.73 Å². The van der Waals surface area contributed by atoms with E-state index in [1.807, 2.05) is 27.7 Å². The number of nitrogens with one attached hydrogen (secondary N) is 3. The first-order valence-corrected chi connectivity index (χ1v) is 7.34. The second-order valence-corrected chi connectivity index (χ2v) is 6.29. The summed E-state index contributed by atoms with van der Waals surface area (Å²) in [5.41, 5.74) is 5.03. The van der Waals surface area contributed by atoms with Gasteiger partial charge in [0.1, 0.15) is 0 Å². The van der Waals surface area contributed by atoms with Crippen molar-refractivity contribution in [1.29, 1.82) is 0 Å². The number of hydrogen-bond donors (Lipinski definition) is 4. The zero-order valence-electron chi connectivity index (χ0n) is 13.1. The molecule has 7 heteroatoms. The summed E-state index contributed by atoms with van der Waals surface area (Å²) >= 11 is 0. The van der Waals surface area contributed by atoms with Crippen molar-refractivity contribution in [2.75, 3.05) is 6.54 Å². The van der Waals surface area contributed by atoms with Gasteiger partial charge in [0.15, 0.2) is 0 Å². The highest BCUT2D eigenvalue weighted by atomic mass is 16.2. The summed E-state index contributed by atoms with van der Waals surface area (Å²) in [5, 5.41) is 8.52. The maximum Gasteiger partial charge on any atom is 0.238 e. The maximum atomic E-state index is 12.2. The summed E-state index contributed by atoms with van der Waals surface area (Å²) in [6, 6.07) is -0.278. The number of carbonyl (C=O) groups is 3. The molecule has 120 valence electrons. The number of hydrogen-bond acceptors (Lipinski definition) is 4. The van der Waals surface area contributed by atoms with Crippen LogP contribution in [-0.4, -0.2) is 36.5 Å². The highest BCUT2D eigenvalue weighted by Crippen LogP contribution is 2.20. The molecule has 7 nitrogen and oxygen atoms in total. The summed E-state index contributed by atoms with van der Waals surface area (Å²) in [4.78, 5) is 34.9. The van der Waals surface area contributed by atoms with Crippen molar-refractivity contribution in [2.24, 2.45) is 23.5 Å². The summed E-state index contributed by atoms with van der Waals surface area (Å²) in [6.07, 6.45) is 0.296. The van der Waals surface area contributed by atoms with Crippen LogP contribution in [0, 0.1) is 17.8 Å². The Balaban J connectivity index is 2.71. The lowest BCUT2D eigenvalue weighted by Gasteiger charge is -2.26. The predicted octanol–water partition coefficient (Wildman–Crippen LogP) is -0.680. The fraction of sp³-hybridized carbons (Fsp3) is 0.786. The van der Waals surface area contributed by atoms with Gasteiger partial charge in [0.25, 0.3) is 0 Å². The molecule has 5 N–H and O–H groups in total. The second kappa shape index (κ2) is 7.40. The van der Waals surface area contributed by atoms with Gasteiger partial charge in [-0.05, 0) is 18.3 Å². The van der Waals surface area contributed by atoms with Crippen molar-refractivity contribution in [3.63, 3.8) is 0 Å². The molecule has 3 atom stereocenters. The predicted molar refractivity (Wildman–Crippen MR) is 78.8 cm³/mol. The van der Waals surface area contributed by atoms with Crippen LogP contribution in [0.4, 0.5) is 0 Å². The van der Waals surface area contributed by atoms with Crippen LogP contribution in [0.25, 0.3) is 0 Å². The number of carbonyl (C=O) groups excluding carboxylic acids is 3. The van der Waals surface area contributed by atoms with E-state index < -0.39 is 18.0 Å². The van der Waals surface area contributed by atoms with Crippen LogP contribution in [0.15, 0.2) is 0 Å². The SMILES string of the molecule is CC(C)C[C@@H]1NC(C(C(=O)NCC(N)=O)C(C)C)NC1=O. The highest BCUT2D eigenvalue weighted by Gasteiger charge is 2.40. The zero-order valence-corrected chi connectivity index (χ0v) is 13.1. The molecule has 1 saturated heterocycles. The van der Waals surface area contributed by atoms with Crippen LogP contribution in [0.2, 0.25) is 0 Å². The van der Waals surface area contributed by atoms with Crippen LogP contribution < -0.4 is 21.7 Å². The van der Waals surface area contributed by atoms with Crippen molar-refractivity contribution in [2.45, 2.75) is 46.3 Å². The molecule has 0 spiro atoms. The Kier molecular flexibility index (Phi) is 6.14. The van der Waals surface area contributed by atoms with Gasteiger partial charge in [-0.3, -0.25) is 19.7 Å². The molecule has 1 fully saturated rings. The fourth-order valence-corrected chi connectivity index (χ4v) is 2.56. The quantitative estimate of drug-likeness (QED) is 0.498. The Morgan fingerprint density at radius 1 is 1.29 bits per heavy atom. The van der Waals surface area contributed by atoms with E-state index >= 15 is 0 Å². The molecular weight excluding hydrogens is 272 g/mol. The average Bonchev–Trinajstić information content (AvgIpc) is 2.66. The van der Waals surface area contributed by atoms with Gasteiger partial charge in [0.05, 0.1) is 24.7 Å². The average molecular weight is 298 g/mol. The van der Waals surface area contributed by atoms with Crippen LogP contribution in [0.1, 0.15) is 34.1 Å². The lowest BCUT2D eigenvalue weighted by Crippen LogP contribution is -2.51. The van der Waals surface area contributed by atoms with Gasteiger partial charge in [-0.25, -0.2) is 0 Å².